The van der Waals surface area contributed by atoms with Crippen LogP contribution in [0.25, 0.3) is 0 Å². The number of nitrogens with one attached hydrogen (secondary N) is 1. The average molecular weight is 330 g/mol. The predicted octanol–water partition coefficient (Wildman–Crippen LogP) is 2.58. The SMILES string of the molecule is Cn1ccc(CC(NN)c2ccc(Cl)c(Br)c2)n1. The van der Waals surface area contributed by atoms with Crippen LogP contribution in [0.15, 0.2) is 34.9 Å². The normalized spacial score (nSPS) is 12.7. The minimum Gasteiger partial charge on any atom is -0.276 e. The fourth-order valence-electron chi connectivity index (χ4n) is 1.78. The zero-order valence-corrected chi connectivity index (χ0v) is 12.2. The Balaban J connectivity index is 2.19. The van der Waals surface area contributed by atoms with E-state index >= 15 is 0 Å². The summed E-state index contributed by atoms with van der Waals surface area (Å²) < 4.78 is 2.64. The summed E-state index contributed by atoms with van der Waals surface area (Å²) in [7, 11) is 1.90. The fourth-order valence-corrected chi connectivity index (χ4v) is 2.30. The first-order valence-electron chi connectivity index (χ1n) is 5.49. The second-order valence-electron chi connectivity index (χ2n) is 4.08. The Morgan fingerprint density at radius 3 is 2.83 bits per heavy atom. The Morgan fingerprint density at radius 2 is 2.28 bits per heavy atom. The summed E-state index contributed by atoms with van der Waals surface area (Å²) in [6.45, 7) is 0. The highest BCUT2D eigenvalue weighted by Gasteiger charge is 2.13. The summed E-state index contributed by atoms with van der Waals surface area (Å²) >= 11 is 9.39. The first-order valence-corrected chi connectivity index (χ1v) is 6.67. The third-order valence-electron chi connectivity index (χ3n) is 2.73. The summed E-state index contributed by atoms with van der Waals surface area (Å²) in [6, 6.07) is 7.77. The minimum atomic E-state index is 0.00784. The molecular weight excluding hydrogens is 316 g/mol. The minimum absolute atomic E-state index is 0.00784. The van der Waals surface area contributed by atoms with E-state index in [1.807, 2.05) is 37.5 Å². The van der Waals surface area contributed by atoms with Crippen LogP contribution in [0.4, 0.5) is 0 Å². The van der Waals surface area contributed by atoms with E-state index in [4.69, 9.17) is 17.4 Å². The largest absolute Gasteiger partial charge is 0.276 e. The van der Waals surface area contributed by atoms with Crippen LogP contribution in [-0.2, 0) is 13.5 Å². The zero-order chi connectivity index (χ0) is 13.1. The maximum absolute atomic E-state index is 5.98. The monoisotopic (exact) mass is 328 g/mol. The standard InChI is InChI=1S/C12H14BrClN4/c1-18-5-4-9(17-18)7-12(16-15)8-2-3-11(14)10(13)6-8/h2-6,12,16H,7,15H2,1H3. The molecule has 2 rings (SSSR count). The number of hydrogen-bond donors (Lipinski definition) is 2. The van der Waals surface area contributed by atoms with Crippen molar-refractivity contribution in [2.45, 2.75) is 12.5 Å². The summed E-state index contributed by atoms with van der Waals surface area (Å²) in [6.07, 6.45) is 2.64. The highest BCUT2D eigenvalue weighted by Crippen LogP contribution is 2.27. The molecule has 0 amide bonds. The van der Waals surface area contributed by atoms with Crippen molar-refractivity contribution in [2.24, 2.45) is 12.9 Å². The second kappa shape index (κ2) is 5.84. The molecule has 0 spiro atoms. The summed E-state index contributed by atoms with van der Waals surface area (Å²) in [5, 5.41) is 5.03. The Kier molecular flexibility index (Phi) is 4.40. The highest BCUT2D eigenvalue weighted by molar-refractivity contribution is 9.10. The highest BCUT2D eigenvalue weighted by atomic mass is 79.9. The van der Waals surface area contributed by atoms with Gasteiger partial charge in [-0.05, 0) is 39.7 Å². The topological polar surface area (TPSA) is 55.9 Å². The maximum atomic E-state index is 5.98. The van der Waals surface area contributed by atoms with E-state index in [1.54, 1.807) is 4.68 Å². The van der Waals surface area contributed by atoms with Crippen LogP contribution in [0, 0.1) is 0 Å². The van der Waals surface area contributed by atoms with Crippen molar-refractivity contribution < 1.29 is 0 Å². The Bertz CT molecular complexity index is 541. The summed E-state index contributed by atoms with van der Waals surface area (Å²) in [4.78, 5) is 0. The lowest BCUT2D eigenvalue weighted by Gasteiger charge is -2.15. The summed E-state index contributed by atoms with van der Waals surface area (Å²) in [5.41, 5.74) is 4.87. The molecule has 0 saturated heterocycles. The Morgan fingerprint density at radius 1 is 1.50 bits per heavy atom. The number of nitrogens with zero attached hydrogens (tertiary/aromatic N) is 2. The van der Waals surface area contributed by atoms with Crippen molar-refractivity contribution in [1.82, 2.24) is 15.2 Å². The van der Waals surface area contributed by atoms with Gasteiger partial charge in [-0.2, -0.15) is 5.10 Å². The number of hydrazine groups is 1. The van der Waals surface area contributed by atoms with Crippen LogP contribution in [0.2, 0.25) is 5.02 Å². The molecule has 0 fully saturated rings. The van der Waals surface area contributed by atoms with Crippen LogP contribution in [-0.4, -0.2) is 9.78 Å². The molecule has 1 heterocycles. The third kappa shape index (κ3) is 3.11. The molecule has 1 aromatic heterocycles. The van der Waals surface area contributed by atoms with Crippen LogP contribution in [0.3, 0.4) is 0 Å². The first-order chi connectivity index (χ1) is 8.60. The van der Waals surface area contributed by atoms with Crippen LogP contribution >= 0.6 is 27.5 Å². The number of halogens is 2. The first kappa shape index (κ1) is 13.5. The molecular formula is C12H14BrClN4. The molecule has 6 heteroatoms. The number of aryl methyl sites for hydroxylation is 1. The molecule has 1 unspecified atom stereocenters. The number of aromatic nitrogens is 2. The zero-order valence-electron chi connectivity index (χ0n) is 9.90. The van der Waals surface area contributed by atoms with Crippen LogP contribution < -0.4 is 11.3 Å². The third-order valence-corrected chi connectivity index (χ3v) is 3.94. The molecule has 1 atom stereocenters. The molecule has 0 radical (unpaired) electrons. The van der Waals surface area contributed by atoms with E-state index < -0.39 is 0 Å². The quantitative estimate of drug-likeness (QED) is 0.669. The molecule has 0 bridgehead atoms. The van der Waals surface area contributed by atoms with Crippen LogP contribution in [0.5, 0.6) is 0 Å². The molecule has 1 aromatic carbocycles. The van der Waals surface area contributed by atoms with Gasteiger partial charge in [-0.15, -0.1) is 0 Å². The molecule has 2 aromatic rings. The van der Waals surface area contributed by atoms with Gasteiger partial charge in [0.05, 0.1) is 16.8 Å². The van der Waals surface area contributed by atoms with E-state index in [9.17, 15) is 0 Å². The Hall–Kier alpha value is -0.880. The van der Waals surface area contributed by atoms with Gasteiger partial charge in [-0.25, -0.2) is 0 Å². The van der Waals surface area contributed by atoms with Crippen molar-refractivity contribution in [3.63, 3.8) is 0 Å². The van der Waals surface area contributed by atoms with E-state index in [-0.39, 0.29) is 6.04 Å². The lowest BCUT2D eigenvalue weighted by Crippen LogP contribution is -2.29. The summed E-state index contributed by atoms with van der Waals surface area (Å²) in [5.74, 6) is 5.61. The van der Waals surface area contributed by atoms with Crippen molar-refractivity contribution in [2.75, 3.05) is 0 Å². The van der Waals surface area contributed by atoms with Gasteiger partial charge in [-0.1, -0.05) is 17.7 Å². The van der Waals surface area contributed by atoms with Gasteiger partial charge >= 0.3 is 0 Å². The molecule has 3 N–H and O–H groups in total. The molecule has 0 aliphatic rings. The Labute approximate surface area is 119 Å². The predicted molar refractivity (Wildman–Crippen MR) is 76.1 cm³/mol. The van der Waals surface area contributed by atoms with E-state index in [0.717, 1.165) is 22.2 Å². The van der Waals surface area contributed by atoms with Gasteiger partial charge in [0.1, 0.15) is 0 Å². The van der Waals surface area contributed by atoms with E-state index in [1.165, 1.54) is 0 Å². The number of hydrogen-bond acceptors (Lipinski definition) is 3. The molecule has 96 valence electrons. The fraction of sp³-hybridized carbons (Fsp3) is 0.250. The van der Waals surface area contributed by atoms with Crippen LogP contribution in [0.1, 0.15) is 17.3 Å². The molecule has 0 saturated carbocycles. The van der Waals surface area contributed by atoms with Gasteiger partial charge in [0, 0.05) is 24.1 Å². The molecule has 0 aliphatic carbocycles. The van der Waals surface area contributed by atoms with Crippen molar-refractivity contribution in [3.8, 4) is 0 Å². The van der Waals surface area contributed by atoms with Gasteiger partial charge in [-0.3, -0.25) is 16.0 Å². The van der Waals surface area contributed by atoms with Gasteiger partial charge in [0.2, 0.25) is 0 Å². The van der Waals surface area contributed by atoms with Crippen molar-refractivity contribution >= 4 is 27.5 Å². The lowest BCUT2D eigenvalue weighted by molar-refractivity contribution is 0.541. The molecule has 18 heavy (non-hydrogen) atoms. The number of rotatable bonds is 4. The van der Waals surface area contributed by atoms with Gasteiger partial charge in [0.15, 0.2) is 0 Å². The second-order valence-corrected chi connectivity index (χ2v) is 5.34. The van der Waals surface area contributed by atoms with Gasteiger partial charge in [0.25, 0.3) is 0 Å². The number of benzene rings is 1. The lowest BCUT2D eigenvalue weighted by atomic mass is 10.0. The van der Waals surface area contributed by atoms with E-state index in [0.29, 0.717) is 5.02 Å². The molecule has 4 nitrogen and oxygen atoms in total. The maximum Gasteiger partial charge on any atom is 0.0643 e. The molecule has 0 aliphatic heterocycles. The van der Waals surface area contributed by atoms with Crippen molar-refractivity contribution in [1.29, 1.82) is 0 Å². The number of nitrogens with two attached hydrogens (primary N) is 1. The van der Waals surface area contributed by atoms with Gasteiger partial charge < -0.3 is 0 Å². The van der Waals surface area contributed by atoms with E-state index in [2.05, 4.69) is 26.5 Å². The smallest absolute Gasteiger partial charge is 0.0643 e. The van der Waals surface area contributed by atoms with Crippen molar-refractivity contribution in [3.05, 3.63) is 51.2 Å². The average Bonchev–Trinajstić information content (AvgIpc) is 2.75.